The van der Waals surface area contributed by atoms with Crippen LogP contribution in [0.1, 0.15) is 62.0 Å². The van der Waals surface area contributed by atoms with Crippen LogP contribution in [0.3, 0.4) is 0 Å². The van der Waals surface area contributed by atoms with Crippen LogP contribution in [0.15, 0.2) is 0 Å². The van der Waals surface area contributed by atoms with Gasteiger partial charge in [0, 0.05) is 13.0 Å². The Morgan fingerprint density at radius 3 is 3.05 bits per heavy atom. The van der Waals surface area contributed by atoms with Crippen molar-refractivity contribution in [3.05, 3.63) is 10.0 Å². The monoisotopic (exact) mass is 283 g/mol. The molecule has 1 aliphatic rings. The lowest BCUT2D eigenvalue weighted by atomic mass is 10.1. The molecule has 2 atom stereocenters. The van der Waals surface area contributed by atoms with Gasteiger partial charge in [-0.3, -0.25) is 0 Å². The van der Waals surface area contributed by atoms with Crippen molar-refractivity contribution in [2.75, 3.05) is 13.2 Å². The summed E-state index contributed by atoms with van der Waals surface area (Å²) in [4.78, 5) is 0. The molecule has 2 unspecified atom stereocenters. The van der Waals surface area contributed by atoms with Gasteiger partial charge in [-0.2, -0.15) is 0 Å². The summed E-state index contributed by atoms with van der Waals surface area (Å²) in [5.41, 5.74) is 0. The Kier molecular flexibility index (Phi) is 6.20. The number of aromatic nitrogens is 2. The zero-order valence-electron chi connectivity index (χ0n) is 12.0. The number of ether oxygens (including phenoxy) is 1. The molecule has 0 spiro atoms. The van der Waals surface area contributed by atoms with E-state index in [1.807, 2.05) is 0 Å². The topological polar surface area (TPSA) is 47.0 Å². The highest BCUT2D eigenvalue weighted by Gasteiger charge is 2.16. The largest absolute Gasteiger partial charge is 0.378 e. The second-order valence-electron chi connectivity index (χ2n) is 5.24. The van der Waals surface area contributed by atoms with Gasteiger partial charge in [0.05, 0.1) is 12.1 Å². The predicted octanol–water partition coefficient (Wildman–Crippen LogP) is 3.10. The standard InChI is InChI=1S/C14H25N3OS/c1-3-9-15-11(2)14-17-16-13(19-14)8-7-12-6-4-5-10-18-12/h11-12,15H,3-10H2,1-2H3. The van der Waals surface area contributed by atoms with E-state index in [9.17, 15) is 0 Å². The van der Waals surface area contributed by atoms with Crippen molar-refractivity contribution < 1.29 is 4.74 Å². The normalized spacial score (nSPS) is 21.5. The molecule has 2 heterocycles. The van der Waals surface area contributed by atoms with Gasteiger partial charge in [0.2, 0.25) is 0 Å². The summed E-state index contributed by atoms with van der Waals surface area (Å²) in [6, 6.07) is 0.317. The lowest BCUT2D eigenvalue weighted by Crippen LogP contribution is -2.19. The quantitative estimate of drug-likeness (QED) is 0.835. The van der Waals surface area contributed by atoms with Gasteiger partial charge in [0.15, 0.2) is 0 Å². The van der Waals surface area contributed by atoms with E-state index in [0.29, 0.717) is 12.1 Å². The maximum atomic E-state index is 5.75. The van der Waals surface area contributed by atoms with Gasteiger partial charge in [-0.05, 0) is 45.6 Å². The average molecular weight is 283 g/mol. The molecule has 19 heavy (non-hydrogen) atoms. The van der Waals surface area contributed by atoms with Crippen LogP contribution in [0.5, 0.6) is 0 Å². The molecule has 0 radical (unpaired) electrons. The molecule has 4 nitrogen and oxygen atoms in total. The van der Waals surface area contributed by atoms with Crippen LogP contribution in [-0.2, 0) is 11.2 Å². The molecule has 1 saturated heterocycles. The number of aryl methyl sites for hydroxylation is 1. The van der Waals surface area contributed by atoms with Gasteiger partial charge in [-0.15, -0.1) is 10.2 Å². The Hall–Kier alpha value is -0.520. The fourth-order valence-electron chi connectivity index (χ4n) is 2.31. The summed E-state index contributed by atoms with van der Waals surface area (Å²) in [7, 11) is 0. The van der Waals surface area contributed by atoms with E-state index < -0.39 is 0 Å². The van der Waals surface area contributed by atoms with Crippen molar-refractivity contribution in [1.29, 1.82) is 0 Å². The highest BCUT2D eigenvalue weighted by molar-refractivity contribution is 7.11. The third-order valence-electron chi connectivity index (χ3n) is 3.51. The summed E-state index contributed by atoms with van der Waals surface area (Å²) in [6.45, 7) is 6.30. The van der Waals surface area contributed by atoms with E-state index in [1.54, 1.807) is 11.3 Å². The Bertz CT molecular complexity index is 363. The van der Waals surface area contributed by atoms with Crippen molar-refractivity contribution >= 4 is 11.3 Å². The molecule has 108 valence electrons. The van der Waals surface area contributed by atoms with Crippen LogP contribution in [0.4, 0.5) is 0 Å². The smallest absolute Gasteiger partial charge is 0.134 e. The van der Waals surface area contributed by atoms with Crippen molar-refractivity contribution in [2.45, 2.75) is 64.5 Å². The van der Waals surface area contributed by atoms with Crippen LogP contribution >= 0.6 is 11.3 Å². The minimum atomic E-state index is 0.317. The molecule has 0 aliphatic carbocycles. The van der Waals surface area contributed by atoms with Gasteiger partial charge in [-0.25, -0.2) is 0 Å². The lowest BCUT2D eigenvalue weighted by molar-refractivity contribution is 0.0115. The summed E-state index contributed by atoms with van der Waals surface area (Å²) in [5, 5.41) is 14.3. The zero-order valence-corrected chi connectivity index (χ0v) is 12.8. The summed E-state index contributed by atoms with van der Waals surface area (Å²) >= 11 is 1.74. The predicted molar refractivity (Wildman–Crippen MR) is 78.5 cm³/mol. The minimum Gasteiger partial charge on any atom is -0.378 e. The Morgan fingerprint density at radius 1 is 1.42 bits per heavy atom. The van der Waals surface area contributed by atoms with E-state index in [2.05, 4.69) is 29.4 Å². The Labute approximate surface area is 120 Å². The number of nitrogens with one attached hydrogen (secondary N) is 1. The van der Waals surface area contributed by atoms with E-state index in [-0.39, 0.29) is 0 Å². The number of nitrogens with zero attached hydrogens (tertiary/aromatic N) is 2. The van der Waals surface area contributed by atoms with E-state index in [1.165, 1.54) is 19.3 Å². The molecule has 2 rings (SSSR count). The van der Waals surface area contributed by atoms with Gasteiger partial charge in [0.1, 0.15) is 10.0 Å². The molecule has 0 bridgehead atoms. The molecule has 1 aliphatic heterocycles. The number of hydrogen-bond donors (Lipinski definition) is 1. The van der Waals surface area contributed by atoms with Crippen LogP contribution < -0.4 is 5.32 Å². The third-order valence-corrected chi connectivity index (χ3v) is 4.67. The van der Waals surface area contributed by atoms with Crippen molar-refractivity contribution in [2.24, 2.45) is 0 Å². The molecule has 1 fully saturated rings. The van der Waals surface area contributed by atoms with Gasteiger partial charge in [-0.1, -0.05) is 18.3 Å². The molecule has 0 amide bonds. The van der Waals surface area contributed by atoms with E-state index in [4.69, 9.17) is 4.74 Å². The summed E-state index contributed by atoms with van der Waals surface area (Å²) < 4.78 is 5.75. The second kappa shape index (κ2) is 7.92. The highest BCUT2D eigenvalue weighted by atomic mass is 32.1. The van der Waals surface area contributed by atoms with Crippen LogP contribution in [-0.4, -0.2) is 29.5 Å². The first-order valence-corrected chi connectivity index (χ1v) is 8.28. The molecular formula is C14H25N3OS. The molecule has 5 heteroatoms. The molecule has 1 aromatic rings. The summed E-state index contributed by atoms with van der Waals surface area (Å²) in [6.07, 6.45) is 7.42. The maximum Gasteiger partial charge on any atom is 0.134 e. The highest BCUT2D eigenvalue weighted by Crippen LogP contribution is 2.22. The lowest BCUT2D eigenvalue weighted by Gasteiger charge is -2.21. The van der Waals surface area contributed by atoms with Crippen LogP contribution in [0, 0.1) is 0 Å². The number of hydrogen-bond acceptors (Lipinski definition) is 5. The molecular weight excluding hydrogens is 258 g/mol. The Morgan fingerprint density at radius 2 is 2.32 bits per heavy atom. The SMILES string of the molecule is CCCNC(C)c1nnc(CCC2CCCCO2)s1. The van der Waals surface area contributed by atoms with Gasteiger partial charge in [0.25, 0.3) is 0 Å². The maximum absolute atomic E-state index is 5.75. The van der Waals surface area contributed by atoms with Crippen molar-refractivity contribution in [3.63, 3.8) is 0 Å². The van der Waals surface area contributed by atoms with Crippen molar-refractivity contribution in [3.8, 4) is 0 Å². The van der Waals surface area contributed by atoms with Gasteiger partial charge < -0.3 is 10.1 Å². The van der Waals surface area contributed by atoms with Crippen LogP contribution in [0.2, 0.25) is 0 Å². The van der Waals surface area contributed by atoms with E-state index >= 15 is 0 Å². The zero-order chi connectivity index (χ0) is 13.5. The minimum absolute atomic E-state index is 0.317. The van der Waals surface area contributed by atoms with Crippen LogP contribution in [0.25, 0.3) is 0 Å². The number of rotatable bonds is 7. The first kappa shape index (κ1) is 14.9. The molecule has 1 N–H and O–H groups in total. The molecule has 0 saturated carbocycles. The summed E-state index contributed by atoms with van der Waals surface area (Å²) in [5.74, 6) is 0. The van der Waals surface area contributed by atoms with E-state index in [0.717, 1.165) is 42.4 Å². The molecule has 1 aromatic heterocycles. The fourth-order valence-corrected chi connectivity index (χ4v) is 3.20. The Balaban J connectivity index is 1.76. The van der Waals surface area contributed by atoms with Crippen molar-refractivity contribution in [1.82, 2.24) is 15.5 Å². The molecule has 0 aromatic carbocycles. The fraction of sp³-hybridized carbons (Fsp3) is 0.857. The first-order chi connectivity index (χ1) is 9.29. The first-order valence-electron chi connectivity index (χ1n) is 7.47. The van der Waals surface area contributed by atoms with Gasteiger partial charge >= 0.3 is 0 Å². The average Bonchev–Trinajstić information content (AvgIpc) is 2.92. The second-order valence-corrected chi connectivity index (χ2v) is 6.33. The third kappa shape index (κ3) is 4.82.